The van der Waals surface area contributed by atoms with Crippen LogP contribution in [0.1, 0.15) is 19.7 Å². The molecule has 1 aromatic heterocycles. The van der Waals surface area contributed by atoms with Gasteiger partial charge in [-0.15, -0.1) is 4.98 Å². The summed E-state index contributed by atoms with van der Waals surface area (Å²) in [5.41, 5.74) is 0. The number of methoxy groups -OCH3 is 2. The summed E-state index contributed by atoms with van der Waals surface area (Å²) >= 11 is 0. The zero-order chi connectivity index (χ0) is 12.1. The first-order valence-corrected chi connectivity index (χ1v) is 4.92. The van der Waals surface area contributed by atoms with Crippen molar-refractivity contribution in [2.24, 2.45) is 5.92 Å². The summed E-state index contributed by atoms with van der Waals surface area (Å²) in [6.07, 6.45) is 0.160. The minimum atomic E-state index is -0.0474. The predicted molar refractivity (Wildman–Crippen MR) is 56.5 cm³/mol. The van der Waals surface area contributed by atoms with E-state index in [9.17, 15) is 4.79 Å². The molecule has 0 unspecified atom stereocenters. The van der Waals surface area contributed by atoms with E-state index in [0.29, 0.717) is 5.82 Å². The molecule has 0 aliphatic rings. The molecular formula is C10H15N3O3. The molecule has 6 heteroatoms. The second kappa shape index (κ2) is 5.39. The summed E-state index contributed by atoms with van der Waals surface area (Å²) in [4.78, 5) is 23.3. The van der Waals surface area contributed by atoms with Gasteiger partial charge < -0.3 is 9.47 Å². The standard InChI is InChI=1S/C10H15N3O3/c1-6(2)7(14)5-8-11-9(15-3)13-10(12-8)16-4/h6H,5H2,1-4H3. The van der Waals surface area contributed by atoms with Crippen molar-refractivity contribution >= 4 is 5.78 Å². The fourth-order valence-corrected chi connectivity index (χ4v) is 0.999. The number of ether oxygens (including phenoxy) is 2. The van der Waals surface area contributed by atoms with Crippen molar-refractivity contribution in [2.45, 2.75) is 20.3 Å². The van der Waals surface area contributed by atoms with Crippen LogP contribution in [0, 0.1) is 5.92 Å². The highest BCUT2D eigenvalue weighted by Gasteiger charge is 2.13. The Balaban J connectivity index is 2.91. The van der Waals surface area contributed by atoms with Gasteiger partial charge in [0.2, 0.25) is 0 Å². The van der Waals surface area contributed by atoms with Crippen molar-refractivity contribution in [2.75, 3.05) is 14.2 Å². The Morgan fingerprint density at radius 2 is 1.62 bits per heavy atom. The lowest BCUT2D eigenvalue weighted by atomic mass is 10.1. The van der Waals surface area contributed by atoms with Crippen LogP contribution in [0.2, 0.25) is 0 Å². The maximum Gasteiger partial charge on any atom is 0.322 e. The van der Waals surface area contributed by atoms with Gasteiger partial charge in [0.15, 0.2) is 0 Å². The fraction of sp³-hybridized carbons (Fsp3) is 0.600. The van der Waals surface area contributed by atoms with Crippen molar-refractivity contribution in [3.63, 3.8) is 0 Å². The molecule has 0 aromatic carbocycles. The average Bonchev–Trinajstić information content (AvgIpc) is 2.28. The topological polar surface area (TPSA) is 74.2 Å². The number of Topliss-reactive ketones (excluding diaryl/α,β-unsaturated/α-hetero) is 1. The molecule has 0 amide bonds. The monoisotopic (exact) mass is 225 g/mol. The number of ketones is 1. The summed E-state index contributed by atoms with van der Waals surface area (Å²) < 4.78 is 9.77. The highest BCUT2D eigenvalue weighted by molar-refractivity contribution is 5.81. The first-order valence-electron chi connectivity index (χ1n) is 4.92. The minimum Gasteiger partial charge on any atom is -0.467 e. The Kier molecular flexibility index (Phi) is 4.16. The van der Waals surface area contributed by atoms with Crippen molar-refractivity contribution < 1.29 is 14.3 Å². The molecule has 1 aromatic rings. The van der Waals surface area contributed by atoms with Crippen LogP contribution in [0.15, 0.2) is 0 Å². The van der Waals surface area contributed by atoms with E-state index in [1.807, 2.05) is 13.8 Å². The van der Waals surface area contributed by atoms with Gasteiger partial charge in [-0.1, -0.05) is 13.8 Å². The smallest absolute Gasteiger partial charge is 0.322 e. The van der Waals surface area contributed by atoms with E-state index in [1.54, 1.807) is 0 Å². The van der Waals surface area contributed by atoms with Crippen molar-refractivity contribution in [1.29, 1.82) is 0 Å². The van der Waals surface area contributed by atoms with Crippen LogP contribution in [0.4, 0.5) is 0 Å². The number of hydrogen-bond acceptors (Lipinski definition) is 6. The molecule has 0 radical (unpaired) electrons. The molecule has 0 aliphatic carbocycles. The largest absolute Gasteiger partial charge is 0.467 e. The molecule has 0 saturated carbocycles. The van der Waals surface area contributed by atoms with Gasteiger partial charge in [-0.25, -0.2) is 0 Å². The third-order valence-electron chi connectivity index (χ3n) is 1.98. The molecular weight excluding hydrogens is 210 g/mol. The Hall–Kier alpha value is -1.72. The summed E-state index contributed by atoms with van der Waals surface area (Å²) in [5.74, 6) is 0.381. The fourth-order valence-electron chi connectivity index (χ4n) is 0.999. The second-order valence-electron chi connectivity index (χ2n) is 3.52. The highest BCUT2D eigenvalue weighted by Crippen LogP contribution is 2.10. The molecule has 6 nitrogen and oxygen atoms in total. The lowest BCUT2D eigenvalue weighted by Crippen LogP contribution is -2.14. The van der Waals surface area contributed by atoms with Gasteiger partial charge in [0.25, 0.3) is 0 Å². The quantitative estimate of drug-likeness (QED) is 0.732. The molecule has 0 spiro atoms. The molecule has 0 bridgehead atoms. The molecule has 1 rings (SSSR count). The first-order chi connectivity index (χ1) is 7.56. The number of carbonyl (C=O) groups is 1. The Bertz CT molecular complexity index is 357. The summed E-state index contributed by atoms with van der Waals surface area (Å²) in [5, 5.41) is 0. The first kappa shape index (κ1) is 12.4. The zero-order valence-electron chi connectivity index (χ0n) is 9.85. The molecule has 0 N–H and O–H groups in total. The van der Waals surface area contributed by atoms with Crippen LogP contribution in [-0.2, 0) is 11.2 Å². The van der Waals surface area contributed by atoms with Crippen LogP contribution >= 0.6 is 0 Å². The number of carbonyl (C=O) groups excluding carboxylic acids is 1. The Morgan fingerprint density at radius 1 is 1.12 bits per heavy atom. The van der Waals surface area contributed by atoms with E-state index in [1.165, 1.54) is 14.2 Å². The van der Waals surface area contributed by atoms with Gasteiger partial charge in [-0.2, -0.15) is 9.97 Å². The normalized spacial score (nSPS) is 10.3. The summed E-state index contributed by atoms with van der Waals surface area (Å²) in [7, 11) is 2.89. The third-order valence-corrected chi connectivity index (χ3v) is 1.98. The van der Waals surface area contributed by atoms with Gasteiger partial charge in [0, 0.05) is 5.92 Å². The zero-order valence-corrected chi connectivity index (χ0v) is 9.85. The highest BCUT2D eigenvalue weighted by atomic mass is 16.5. The van der Waals surface area contributed by atoms with Crippen LogP contribution in [0.25, 0.3) is 0 Å². The van der Waals surface area contributed by atoms with Gasteiger partial charge in [0.1, 0.15) is 11.6 Å². The van der Waals surface area contributed by atoms with E-state index in [2.05, 4.69) is 15.0 Å². The third kappa shape index (κ3) is 3.15. The van der Waals surface area contributed by atoms with E-state index in [-0.39, 0.29) is 30.1 Å². The van der Waals surface area contributed by atoms with Gasteiger partial charge in [-0.05, 0) is 0 Å². The molecule has 0 fully saturated rings. The number of nitrogens with zero attached hydrogens (tertiary/aromatic N) is 3. The van der Waals surface area contributed by atoms with Crippen LogP contribution in [-0.4, -0.2) is 35.0 Å². The lowest BCUT2D eigenvalue weighted by Gasteiger charge is -2.05. The van der Waals surface area contributed by atoms with Crippen molar-refractivity contribution in [3.8, 4) is 12.0 Å². The van der Waals surface area contributed by atoms with Crippen LogP contribution in [0.5, 0.6) is 12.0 Å². The van der Waals surface area contributed by atoms with E-state index in [4.69, 9.17) is 9.47 Å². The SMILES string of the molecule is COc1nc(CC(=O)C(C)C)nc(OC)n1. The van der Waals surface area contributed by atoms with E-state index < -0.39 is 0 Å². The van der Waals surface area contributed by atoms with Gasteiger partial charge >= 0.3 is 12.0 Å². The maximum absolute atomic E-state index is 11.5. The average molecular weight is 225 g/mol. The van der Waals surface area contributed by atoms with Crippen molar-refractivity contribution in [1.82, 2.24) is 15.0 Å². The maximum atomic E-state index is 11.5. The number of hydrogen-bond donors (Lipinski definition) is 0. The molecule has 0 saturated heterocycles. The molecule has 0 atom stereocenters. The number of rotatable bonds is 5. The summed E-state index contributed by atoms with van der Waals surface area (Å²) in [6.45, 7) is 3.66. The second-order valence-corrected chi connectivity index (χ2v) is 3.52. The van der Waals surface area contributed by atoms with E-state index in [0.717, 1.165) is 0 Å². The van der Waals surface area contributed by atoms with Crippen LogP contribution < -0.4 is 9.47 Å². The molecule has 88 valence electrons. The van der Waals surface area contributed by atoms with E-state index >= 15 is 0 Å². The van der Waals surface area contributed by atoms with Gasteiger partial charge in [-0.3, -0.25) is 4.79 Å². The molecule has 0 aliphatic heterocycles. The number of aromatic nitrogens is 3. The Morgan fingerprint density at radius 3 is 2.00 bits per heavy atom. The minimum absolute atomic E-state index is 0.0474. The summed E-state index contributed by atoms with van der Waals surface area (Å²) in [6, 6.07) is 0.303. The molecule has 16 heavy (non-hydrogen) atoms. The predicted octanol–water partition coefficient (Wildman–Crippen LogP) is 0.656. The molecule has 1 heterocycles. The van der Waals surface area contributed by atoms with Crippen LogP contribution in [0.3, 0.4) is 0 Å². The van der Waals surface area contributed by atoms with Crippen molar-refractivity contribution in [3.05, 3.63) is 5.82 Å². The van der Waals surface area contributed by atoms with Gasteiger partial charge in [0.05, 0.1) is 20.6 Å². The lowest BCUT2D eigenvalue weighted by molar-refractivity contribution is -0.121. The Labute approximate surface area is 94.0 Å².